The van der Waals surface area contributed by atoms with Crippen LogP contribution in [-0.4, -0.2) is 87.4 Å². The van der Waals surface area contributed by atoms with E-state index in [4.69, 9.17) is 18.9 Å². The average Bonchev–Trinajstić information content (AvgIpc) is 3.75. The van der Waals surface area contributed by atoms with Crippen molar-refractivity contribution in [2.45, 2.75) is 392 Å². The molecule has 0 rings (SSSR count). The molecule has 0 aliphatic rings. The molecule has 0 aliphatic carbocycles. The van der Waals surface area contributed by atoms with Gasteiger partial charge in [-0.05, 0) is 64.2 Å². The first-order valence-electron chi connectivity index (χ1n) is 39.6. The molecule has 0 fully saturated rings. The first-order valence-corrected chi connectivity index (χ1v) is 39.6. The summed E-state index contributed by atoms with van der Waals surface area (Å²) < 4.78 is 23.1. The van der Waals surface area contributed by atoms with E-state index >= 15 is 0 Å². The summed E-state index contributed by atoms with van der Waals surface area (Å²) in [5, 5.41) is 9.77. The van der Waals surface area contributed by atoms with Crippen LogP contribution in [-0.2, 0) is 33.3 Å². The van der Waals surface area contributed by atoms with Crippen molar-refractivity contribution in [2.75, 3.05) is 47.5 Å². The molecule has 0 aromatic heterocycles. The molecule has 2 unspecified atom stereocenters. The number of aliphatic carboxylic acids is 1. The van der Waals surface area contributed by atoms with Crippen LogP contribution in [0.2, 0.25) is 0 Å². The zero-order chi connectivity index (χ0) is 66.8. The highest BCUT2D eigenvalue weighted by Crippen LogP contribution is 2.20. The maximum absolute atomic E-state index is 13.0. The van der Waals surface area contributed by atoms with Crippen LogP contribution < -0.4 is 0 Å². The fraction of sp³-hybridized carbons (Fsp3) is 0.819. The minimum Gasteiger partial charge on any atom is -0.477 e. The number of likely N-dealkylation sites (N-methyl/N-ethyl adjacent to an activating group) is 1. The molecule has 2 atom stereocenters. The number of hydrogen-bond acceptors (Lipinski definition) is 7. The first-order chi connectivity index (χ1) is 45.1. The van der Waals surface area contributed by atoms with Crippen LogP contribution in [0.25, 0.3) is 0 Å². The maximum atomic E-state index is 13.0. The van der Waals surface area contributed by atoms with Crippen molar-refractivity contribution in [1.29, 1.82) is 0 Å². The van der Waals surface area contributed by atoms with Gasteiger partial charge in [-0.15, -0.1) is 0 Å². The predicted octanol–water partition coefficient (Wildman–Crippen LogP) is 25.2. The lowest BCUT2D eigenvalue weighted by Gasteiger charge is -2.25. The van der Waals surface area contributed by atoms with E-state index in [0.717, 1.165) is 77.0 Å². The summed E-state index contributed by atoms with van der Waals surface area (Å²) in [6.07, 6.45) is 96.3. The summed E-state index contributed by atoms with van der Waals surface area (Å²) in [7, 11) is 5.99. The van der Waals surface area contributed by atoms with Crippen LogP contribution in [0.4, 0.5) is 0 Å². The monoisotopic (exact) mass is 1290 g/mol. The van der Waals surface area contributed by atoms with Crippen molar-refractivity contribution < 1.29 is 42.9 Å². The Bertz CT molecular complexity index is 1740. The Kier molecular flexibility index (Phi) is 70.9. The van der Waals surface area contributed by atoms with Gasteiger partial charge >= 0.3 is 17.9 Å². The zero-order valence-corrected chi connectivity index (χ0v) is 61.5. The third-order valence-corrected chi connectivity index (χ3v) is 17.7. The number of ether oxygens (including phenoxy) is 4. The molecule has 9 heteroatoms. The Labute approximate surface area is 570 Å². The molecule has 0 heterocycles. The third kappa shape index (κ3) is 74.1. The molecule has 0 saturated carbocycles. The van der Waals surface area contributed by atoms with Gasteiger partial charge < -0.3 is 28.5 Å². The van der Waals surface area contributed by atoms with E-state index in [1.807, 2.05) is 21.1 Å². The molecule has 536 valence electrons. The minimum atomic E-state index is -1.51. The van der Waals surface area contributed by atoms with E-state index in [-0.39, 0.29) is 38.2 Å². The highest BCUT2D eigenvalue weighted by molar-refractivity contribution is 5.71. The Balaban J connectivity index is 4.00. The van der Waals surface area contributed by atoms with Gasteiger partial charge in [0.1, 0.15) is 13.2 Å². The molecule has 0 aliphatic heterocycles. The molecule has 92 heavy (non-hydrogen) atoms. The van der Waals surface area contributed by atoms with E-state index < -0.39 is 18.4 Å². The number of quaternary nitrogens is 1. The van der Waals surface area contributed by atoms with Crippen molar-refractivity contribution in [2.24, 2.45) is 0 Å². The van der Waals surface area contributed by atoms with E-state index in [9.17, 15) is 19.5 Å². The molecule has 0 spiro atoms. The number of rotatable bonds is 74. The number of nitrogens with zero attached hydrogens (tertiary/aromatic N) is 1. The summed E-state index contributed by atoms with van der Waals surface area (Å²) >= 11 is 0. The van der Waals surface area contributed by atoms with Crippen LogP contribution in [0.3, 0.4) is 0 Å². The molecule has 9 nitrogen and oxygen atoms in total. The maximum Gasteiger partial charge on any atom is 0.361 e. The van der Waals surface area contributed by atoms with Crippen molar-refractivity contribution in [1.82, 2.24) is 0 Å². The Morgan fingerprint density at radius 1 is 0.337 bits per heavy atom. The highest BCUT2D eigenvalue weighted by atomic mass is 16.7. The largest absolute Gasteiger partial charge is 0.477 e. The van der Waals surface area contributed by atoms with Gasteiger partial charge in [0.15, 0.2) is 6.10 Å². The van der Waals surface area contributed by atoms with Crippen LogP contribution in [0.5, 0.6) is 0 Å². The number of carboxylic acids is 1. The Hall–Kier alpha value is -3.27. The van der Waals surface area contributed by atoms with Gasteiger partial charge in [-0.3, -0.25) is 9.59 Å². The smallest absolute Gasteiger partial charge is 0.361 e. The van der Waals surface area contributed by atoms with Crippen LogP contribution in [0, 0.1) is 0 Å². The van der Waals surface area contributed by atoms with Gasteiger partial charge in [0, 0.05) is 12.8 Å². The second-order valence-corrected chi connectivity index (χ2v) is 28.0. The summed E-state index contributed by atoms with van der Waals surface area (Å²) in [6.45, 7) is 4.83. The lowest BCUT2D eigenvalue weighted by molar-refractivity contribution is -0.870. The topological polar surface area (TPSA) is 108 Å². The van der Waals surface area contributed by atoms with Crippen molar-refractivity contribution in [3.05, 3.63) is 72.9 Å². The number of esters is 2. The zero-order valence-electron chi connectivity index (χ0n) is 61.5. The molecule has 0 bridgehead atoms. The SMILES string of the molecule is CC/C=C\C/C=C\C/C=C\C/C=C\C/C=C\C/C=C\CCCCCCCCCCCCCCCCCCCCC(=O)OC(COC(=O)CCCCCCCCCCCCCCCCCCCCCCCCCCCCCCCC)COC(OCC[N+](C)(C)C)C(=O)O. The highest BCUT2D eigenvalue weighted by Gasteiger charge is 2.25. The van der Waals surface area contributed by atoms with E-state index in [2.05, 4.69) is 86.8 Å². The minimum absolute atomic E-state index is 0.177. The number of carboxylic acid groups (broad SMARTS) is 1. The van der Waals surface area contributed by atoms with E-state index in [0.29, 0.717) is 17.4 Å². The summed E-state index contributed by atoms with van der Waals surface area (Å²) in [4.78, 5) is 37.7. The van der Waals surface area contributed by atoms with Crippen molar-refractivity contribution in [3.8, 4) is 0 Å². The molecule has 1 N–H and O–H groups in total. The quantitative estimate of drug-likeness (QED) is 0.0211. The van der Waals surface area contributed by atoms with Gasteiger partial charge in [0.05, 0.1) is 34.4 Å². The van der Waals surface area contributed by atoms with E-state index in [1.54, 1.807) is 0 Å². The van der Waals surface area contributed by atoms with Gasteiger partial charge in [0.25, 0.3) is 6.29 Å². The standard InChI is InChI=1S/C83H151NO8/c1-6-8-10-12-14-16-18-20-22-24-26-28-30-32-34-36-38-39-40-41-42-43-44-46-48-50-52-54-56-58-60-62-64-66-68-70-72-74-81(86)92-79(78-91-83(82(87)88)89-76-75-84(3,4)5)77-90-80(85)73-71-69-67-65-63-61-59-57-55-53-51-49-47-45-37-35-33-31-29-27-25-23-21-19-17-15-13-11-9-7-2/h8,10,14,16,20,22,26,28,32,34,38-39,79,83H,6-7,9,11-13,15,17-19,21,23-25,27,29-31,33,35-37,40-78H2,1-5H3/p+1/b10-8-,16-14-,22-20-,28-26-,34-32-,39-38-. The summed E-state index contributed by atoms with van der Waals surface area (Å²) in [5.41, 5.74) is 0. The van der Waals surface area contributed by atoms with Gasteiger partial charge in [-0.1, -0.05) is 376 Å². The summed E-state index contributed by atoms with van der Waals surface area (Å²) in [6, 6.07) is 0. The number of allylic oxidation sites excluding steroid dienone is 12. The fourth-order valence-corrected chi connectivity index (χ4v) is 11.7. The Morgan fingerprint density at radius 2 is 0.620 bits per heavy atom. The first kappa shape index (κ1) is 88.7. The van der Waals surface area contributed by atoms with Crippen LogP contribution in [0.1, 0.15) is 380 Å². The number of unbranched alkanes of at least 4 members (excludes halogenated alkanes) is 47. The molecular formula is C83H152NO8+. The van der Waals surface area contributed by atoms with Crippen molar-refractivity contribution in [3.63, 3.8) is 0 Å². The van der Waals surface area contributed by atoms with Gasteiger partial charge in [0.2, 0.25) is 0 Å². The second kappa shape index (κ2) is 73.5. The molecule has 0 amide bonds. The molecule has 0 aromatic rings. The van der Waals surface area contributed by atoms with Gasteiger partial charge in [-0.25, -0.2) is 4.79 Å². The molecular weight excluding hydrogens is 1140 g/mol. The summed E-state index contributed by atoms with van der Waals surface area (Å²) in [5.74, 6) is -1.98. The Morgan fingerprint density at radius 3 is 0.924 bits per heavy atom. The lowest BCUT2D eigenvalue weighted by Crippen LogP contribution is -2.40. The number of carbonyl (C=O) groups is 3. The molecule has 0 saturated heterocycles. The lowest BCUT2D eigenvalue weighted by atomic mass is 10.0. The molecule has 0 radical (unpaired) electrons. The van der Waals surface area contributed by atoms with Crippen LogP contribution in [0.15, 0.2) is 72.9 Å². The van der Waals surface area contributed by atoms with Crippen molar-refractivity contribution >= 4 is 17.9 Å². The van der Waals surface area contributed by atoms with E-state index in [1.165, 1.54) is 276 Å². The van der Waals surface area contributed by atoms with Gasteiger partial charge in [-0.2, -0.15) is 0 Å². The van der Waals surface area contributed by atoms with Crippen LogP contribution >= 0.6 is 0 Å². The average molecular weight is 1290 g/mol. The number of carbonyl (C=O) groups excluding carboxylic acids is 2. The number of hydrogen-bond donors (Lipinski definition) is 1. The third-order valence-electron chi connectivity index (χ3n) is 17.7. The predicted molar refractivity (Wildman–Crippen MR) is 396 cm³/mol. The fourth-order valence-electron chi connectivity index (χ4n) is 11.7. The second-order valence-electron chi connectivity index (χ2n) is 28.0. The molecule has 0 aromatic carbocycles. The normalized spacial score (nSPS) is 13.0.